The number of halogens is 1. The number of rotatable bonds is 3. The predicted octanol–water partition coefficient (Wildman–Crippen LogP) is 4.03. The highest BCUT2D eigenvalue weighted by Crippen LogP contribution is 2.42. The Hall–Kier alpha value is -0.0400. The molecule has 0 heterocycles. The standard InChI is InChI=1S/C10H15Br/c1-2-5-10(8-9-11)6-3-4-7-10/h2,8-9H,1,3-7H2/b9-8+. The molecule has 0 bridgehead atoms. The molecule has 0 aliphatic heterocycles. The molecule has 1 saturated carbocycles. The predicted molar refractivity (Wildman–Crippen MR) is 53.8 cm³/mol. The summed E-state index contributed by atoms with van der Waals surface area (Å²) in [5, 5.41) is 0. The summed E-state index contributed by atoms with van der Waals surface area (Å²) < 4.78 is 0. The summed E-state index contributed by atoms with van der Waals surface area (Å²) >= 11 is 3.35. The van der Waals surface area contributed by atoms with Crippen LogP contribution in [-0.2, 0) is 0 Å². The fourth-order valence-electron chi connectivity index (χ4n) is 1.94. The van der Waals surface area contributed by atoms with Crippen LogP contribution in [0.1, 0.15) is 32.1 Å². The summed E-state index contributed by atoms with van der Waals surface area (Å²) in [5.41, 5.74) is 0.450. The quantitative estimate of drug-likeness (QED) is 0.623. The van der Waals surface area contributed by atoms with Crippen molar-refractivity contribution in [2.24, 2.45) is 5.41 Å². The largest absolute Gasteiger partial charge is 0.103 e. The third kappa shape index (κ3) is 2.19. The lowest BCUT2D eigenvalue weighted by Crippen LogP contribution is -2.10. The summed E-state index contributed by atoms with van der Waals surface area (Å²) in [4.78, 5) is 2.00. The van der Waals surface area contributed by atoms with Gasteiger partial charge >= 0.3 is 0 Å². The van der Waals surface area contributed by atoms with Crippen molar-refractivity contribution in [3.05, 3.63) is 23.7 Å². The lowest BCUT2D eigenvalue weighted by Gasteiger charge is -2.22. The molecule has 0 saturated heterocycles. The van der Waals surface area contributed by atoms with E-state index >= 15 is 0 Å². The molecule has 0 N–H and O–H groups in total. The Morgan fingerprint density at radius 3 is 2.45 bits per heavy atom. The molecule has 1 aliphatic carbocycles. The summed E-state index contributed by atoms with van der Waals surface area (Å²) in [6, 6.07) is 0. The fourth-order valence-corrected chi connectivity index (χ4v) is 2.50. The summed E-state index contributed by atoms with van der Waals surface area (Å²) in [7, 11) is 0. The molecule has 62 valence electrons. The topological polar surface area (TPSA) is 0 Å². The van der Waals surface area contributed by atoms with Gasteiger partial charge in [0.05, 0.1) is 0 Å². The maximum absolute atomic E-state index is 3.80. The van der Waals surface area contributed by atoms with Gasteiger partial charge < -0.3 is 0 Å². The van der Waals surface area contributed by atoms with E-state index in [-0.39, 0.29) is 0 Å². The molecule has 1 aliphatic rings. The van der Waals surface area contributed by atoms with Crippen LogP contribution in [0.25, 0.3) is 0 Å². The van der Waals surface area contributed by atoms with E-state index < -0.39 is 0 Å². The maximum atomic E-state index is 3.80. The monoisotopic (exact) mass is 214 g/mol. The average molecular weight is 215 g/mol. The van der Waals surface area contributed by atoms with Crippen LogP contribution in [0.15, 0.2) is 23.7 Å². The van der Waals surface area contributed by atoms with Crippen molar-refractivity contribution in [2.75, 3.05) is 0 Å². The molecule has 0 aromatic carbocycles. The van der Waals surface area contributed by atoms with E-state index in [1.165, 1.54) is 25.7 Å². The summed E-state index contributed by atoms with van der Waals surface area (Å²) in [6.07, 6.45) is 10.9. The zero-order chi connectivity index (χ0) is 8.16. The molecule has 0 aromatic rings. The zero-order valence-electron chi connectivity index (χ0n) is 6.85. The molecule has 0 spiro atoms. The number of hydrogen-bond acceptors (Lipinski definition) is 0. The van der Waals surface area contributed by atoms with Gasteiger partial charge in [0, 0.05) is 0 Å². The molecule has 0 unspecified atom stereocenters. The van der Waals surface area contributed by atoms with Gasteiger partial charge in [-0.15, -0.1) is 6.58 Å². The van der Waals surface area contributed by atoms with Gasteiger partial charge in [0.25, 0.3) is 0 Å². The Labute approximate surface area is 77.5 Å². The molecule has 11 heavy (non-hydrogen) atoms. The number of allylic oxidation sites excluding steroid dienone is 2. The van der Waals surface area contributed by atoms with E-state index in [0.717, 1.165) is 6.42 Å². The van der Waals surface area contributed by atoms with Crippen molar-refractivity contribution in [1.29, 1.82) is 0 Å². The molecule has 0 nitrogen and oxygen atoms in total. The Bertz CT molecular complexity index is 152. The minimum Gasteiger partial charge on any atom is -0.103 e. The van der Waals surface area contributed by atoms with Crippen molar-refractivity contribution >= 4 is 15.9 Å². The van der Waals surface area contributed by atoms with Crippen molar-refractivity contribution in [2.45, 2.75) is 32.1 Å². The van der Waals surface area contributed by atoms with E-state index in [1.807, 2.05) is 11.1 Å². The van der Waals surface area contributed by atoms with Crippen molar-refractivity contribution in [1.82, 2.24) is 0 Å². The Kier molecular flexibility index (Phi) is 3.38. The second-order valence-corrected chi connectivity index (χ2v) is 3.88. The van der Waals surface area contributed by atoms with Gasteiger partial charge in [-0.1, -0.05) is 40.9 Å². The Balaban J connectivity index is 2.61. The van der Waals surface area contributed by atoms with Crippen LogP contribution in [0.2, 0.25) is 0 Å². The van der Waals surface area contributed by atoms with Gasteiger partial charge in [-0.3, -0.25) is 0 Å². The number of hydrogen-bond donors (Lipinski definition) is 0. The van der Waals surface area contributed by atoms with Gasteiger partial charge in [-0.25, -0.2) is 0 Å². The molecule has 0 radical (unpaired) electrons. The lowest BCUT2D eigenvalue weighted by molar-refractivity contribution is 0.403. The second kappa shape index (κ2) is 4.10. The highest BCUT2D eigenvalue weighted by molar-refractivity contribution is 9.11. The Morgan fingerprint density at radius 2 is 2.00 bits per heavy atom. The highest BCUT2D eigenvalue weighted by atomic mass is 79.9. The normalized spacial score (nSPS) is 22.6. The molecular formula is C10H15Br. The van der Waals surface area contributed by atoms with E-state index in [0.29, 0.717) is 5.41 Å². The van der Waals surface area contributed by atoms with Gasteiger partial charge in [0.15, 0.2) is 0 Å². The van der Waals surface area contributed by atoms with Crippen LogP contribution in [-0.4, -0.2) is 0 Å². The van der Waals surface area contributed by atoms with Crippen molar-refractivity contribution in [3.8, 4) is 0 Å². The first-order valence-electron chi connectivity index (χ1n) is 4.22. The van der Waals surface area contributed by atoms with Crippen LogP contribution >= 0.6 is 15.9 Å². The van der Waals surface area contributed by atoms with Crippen LogP contribution in [0.3, 0.4) is 0 Å². The highest BCUT2D eigenvalue weighted by Gasteiger charge is 2.29. The van der Waals surface area contributed by atoms with Gasteiger partial charge in [0.2, 0.25) is 0 Å². The first-order valence-corrected chi connectivity index (χ1v) is 5.13. The van der Waals surface area contributed by atoms with E-state index in [1.54, 1.807) is 0 Å². The molecular weight excluding hydrogens is 200 g/mol. The molecule has 1 rings (SSSR count). The average Bonchev–Trinajstić information content (AvgIpc) is 2.39. The molecule has 1 fully saturated rings. The zero-order valence-corrected chi connectivity index (χ0v) is 8.44. The minimum atomic E-state index is 0.450. The second-order valence-electron chi connectivity index (χ2n) is 3.35. The van der Waals surface area contributed by atoms with Crippen molar-refractivity contribution in [3.63, 3.8) is 0 Å². The van der Waals surface area contributed by atoms with Crippen molar-refractivity contribution < 1.29 is 0 Å². The SMILES string of the molecule is C=CCC1(/C=C/Br)CCCC1. The fraction of sp³-hybridized carbons (Fsp3) is 0.600. The minimum absolute atomic E-state index is 0.450. The third-order valence-electron chi connectivity index (χ3n) is 2.57. The van der Waals surface area contributed by atoms with E-state index in [2.05, 4.69) is 28.6 Å². The first-order chi connectivity index (χ1) is 5.33. The molecule has 1 heteroatoms. The van der Waals surface area contributed by atoms with E-state index in [9.17, 15) is 0 Å². The molecule has 0 aromatic heterocycles. The third-order valence-corrected chi connectivity index (χ3v) is 2.83. The summed E-state index contributed by atoms with van der Waals surface area (Å²) in [6.45, 7) is 3.80. The maximum Gasteiger partial charge on any atom is -0.00756 e. The Morgan fingerprint density at radius 1 is 1.36 bits per heavy atom. The van der Waals surface area contributed by atoms with Crippen LogP contribution in [0.5, 0.6) is 0 Å². The lowest BCUT2D eigenvalue weighted by atomic mass is 9.83. The van der Waals surface area contributed by atoms with Crippen LogP contribution < -0.4 is 0 Å². The smallest absolute Gasteiger partial charge is 0.00756 e. The van der Waals surface area contributed by atoms with Gasteiger partial charge in [0.1, 0.15) is 0 Å². The van der Waals surface area contributed by atoms with Gasteiger partial charge in [-0.05, 0) is 29.7 Å². The van der Waals surface area contributed by atoms with Gasteiger partial charge in [-0.2, -0.15) is 0 Å². The van der Waals surface area contributed by atoms with Crippen LogP contribution in [0, 0.1) is 5.41 Å². The summed E-state index contributed by atoms with van der Waals surface area (Å²) in [5.74, 6) is 0. The molecule has 0 amide bonds. The van der Waals surface area contributed by atoms with E-state index in [4.69, 9.17) is 0 Å². The van der Waals surface area contributed by atoms with Crippen LogP contribution in [0.4, 0.5) is 0 Å². The molecule has 0 atom stereocenters. The first kappa shape index (κ1) is 9.05.